The molecule has 1 N–H and O–H groups in total. The second-order valence-electron chi connectivity index (χ2n) is 7.75. The number of halogens is 4. The third-order valence-electron chi connectivity index (χ3n) is 5.37. The molecule has 2 aromatic heterocycles. The highest BCUT2D eigenvalue weighted by atomic mass is 35.5. The second-order valence-corrected chi connectivity index (χ2v) is 8.14. The Kier molecular flexibility index (Phi) is 7.66. The SMILES string of the molecule is CC/C=C\C(=NC)c1oc2c(C(C)Nc3ccc(Cl)nc3C#N)cc(C(F)(F)F)cc2c(=O)c1C. The van der Waals surface area contributed by atoms with Gasteiger partial charge in [0.15, 0.2) is 16.9 Å². The Labute approximate surface area is 204 Å². The van der Waals surface area contributed by atoms with Gasteiger partial charge in [-0.15, -0.1) is 0 Å². The minimum atomic E-state index is -4.69. The van der Waals surface area contributed by atoms with Gasteiger partial charge in [-0.1, -0.05) is 24.6 Å². The summed E-state index contributed by atoms with van der Waals surface area (Å²) in [4.78, 5) is 21.3. The number of hydrogen-bond donors (Lipinski definition) is 1. The zero-order valence-electron chi connectivity index (χ0n) is 19.4. The molecule has 1 atom stereocenters. The van der Waals surface area contributed by atoms with Crippen LogP contribution in [0, 0.1) is 18.3 Å². The smallest absolute Gasteiger partial charge is 0.416 e. The highest BCUT2D eigenvalue weighted by molar-refractivity contribution is 6.29. The van der Waals surface area contributed by atoms with Gasteiger partial charge in [-0.05, 0) is 50.6 Å². The third-order valence-corrected chi connectivity index (χ3v) is 5.58. The topological polar surface area (TPSA) is 91.3 Å². The number of alkyl halides is 3. The molecule has 0 saturated heterocycles. The molecule has 0 saturated carbocycles. The summed E-state index contributed by atoms with van der Waals surface area (Å²) in [6.07, 6.45) is -0.448. The van der Waals surface area contributed by atoms with Gasteiger partial charge in [-0.3, -0.25) is 9.79 Å². The van der Waals surface area contributed by atoms with Crippen LogP contribution in [-0.4, -0.2) is 17.7 Å². The summed E-state index contributed by atoms with van der Waals surface area (Å²) in [5, 5.41) is 12.3. The molecular formula is C25H22ClF3N4O2. The summed E-state index contributed by atoms with van der Waals surface area (Å²) in [6, 6.07) is 5.78. The van der Waals surface area contributed by atoms with Gasteiger partial charge in [0, 0.05) is 18.2 Å². The van der Waals surface area contributed by atoms with Crippen LogP contribution < -0.4 is 10.7 Å². The lowest BCUT2D eigenvalue weighted by Crippen LogP contribution is -2.17. The average molecular weight is 503 g/mol. The lowest BCUT2D eigenvalue weighted by molar-refractivity contribution is -0.137. The number of nitriles is 1. The Morgan fingerprint density at radius 3 is 2.69 bits per heavy atom. The van der Waals surface area contributed by atoms with E-state index in [1.165, 1.54) is 26.1 Å². The first kappa shape index (κ1) is 26.0. The van der Waals surface area contributed by atoms with E-state index in [4.69, 9.17) is 16.0 Å². The zero-order valence-corrected chi connectivity index (χ0v) is 20.2. The van der Waals surface area contributed by atoms with Gasteiger partial charge in [0.25, 0.3) is 0 Å². The minimum absolute atomic E-state index is 0.00456. The van der Waals surface area contributed by atoms with Crippen LogP contribution in [0.1, 0.15) is 54.5 Å². The molecule has 0 radical (unpaired) electrons. The van der Waals surface area contributed by atoms with Crippen molar-refractivity contribution in [1.82, 2.24) is 4.98 Å². The molecule has 0 bridgehead atoms. The Morgan fingerprint density at radius 1 is 1.37 bits per heavy atom. The van der Waals surface area contributed by atoms with Crippen LogP contribution in [0.15, 0.2) is 50.6 Å². The Bertz CT molecular complexity index is 1440. The summed E-state index contributed by atoms with van der Waals surface area (Å²) in [7, 11) is 1.54. The Balaban J connectivity index is 2.30. The van der Waals surface area contributed by atoms with Crippen molar-refractivity contribution in [2.45, 2.75) is 39.4 Å². The van der Waals surface area contributed by atoms with Crippen molar-refractivity contribution in [2.75, 3.05) is 12.4 Å². The first-order valence-corrected chi connectivity index (χ1v) is 11.0. The number of rotatable bonds is 6. The number of pyridine rings is 1. The van der Waals surface area contributed by atoms with E-state index in [1.54, 1.807) is 13.0 Å². The Morgan fingerprint density at radius 2 is 2.09 bits per heavy atom. The normalized spacial score (nSPS) is 13.3. The van der Waals surface area contributed by atoms with Crippen molar-refractivity contribution >= 4 is 34.0 Å². The lowest BCUT2D eigenvalue weighted by Gasteiger charge is -2.20. The molecule has 0 amide bonds. The van der Waals surface area contributed by atoms with Crippen molar-refractivity contribution in [3.63, 3.8) is 0 Å². The van der Waals surface area contributed by atoms with Gasteiger partial charge < -0.3 is 9.73 Å². The molecule has 0 aliphatic heterocycles. The maximum absolute atomic E-state index is 13.7. The van der Waals surface area contributed by atoms with Gasteiger partial charge >= 0.3 is 6.18 Å². The van der Waals surface area contributed by atoms with E-state index >= 15 is 0 Å². The van der Waals surface area contributed by atoms with Gasteiger partial charge in [0.1, 0.15) is 16.8 Å². The number of fused-ring (bicyclic) bond motifs is 1. The van der Waals surface area contributed by atoms with Gasteiger partial charge in [0.2, 0.25) is 0 Å². The quantitative estimate of drug-likeness (QED) is 0.303. The highest BCUT2D eigenvalue weighted by Crippen LogP contribution is 2.36. The molecule has 1 aromatic carbocycles. The summed E-state index contributed by atoms with van der Waals surface area (Å²) in [5.74, 6) is 0.175. The molecule has 3 aromatic rings. The minimum Gasteiger partial charge on any atom is -0.454 e. The number of allylic oxidation sites excluding steroid dienone is 2. The van der Waals surface area contributed by atoms with Crippen molar-refractivity contribution in [3.05, 3.63) is 79.9 Å². The molecule has 0 aliphatic carbocycles. The van der Waals surface area contributed by atoms with E-state index in [9.17, 15) is 23.2 Å². The number of anilines is 1. The molecule has 6 nitrogen and oxygen atoms in total. The number of aliphatic imine (C=N–C) groups is 1. The molecule has 10 heteroatoms. The summed E-state index contributed by atoms with van der Waals surface area (Å²) < 4.78 is 47.3. The average Bonchev–Trinajstić information content (AvgIpc) is 2.82. The number of benzene rings is 1. The molecule has 0 spiro atoms. The van der Waals surface area contributed by atoms with Crippen LogP contribution in [0.25, 0.3) is 11.0 Å². The molecular weight excluding hydrogens is 481 g/mol. The molecule has 3 rings (SSSR count). The first-order valence-electron chi connectivity index (χ1n) is 10.7. The van der Waals surface area contributed by atoms with Crippen molar-refractivity contribution < 1.29 is 17.6 Å². The Hall–Kier alpha value is -3.64. The number of hydrogen-bond acceptors (Lipinski definition) is 6. The first-order chi connectivity index (χ1) is 16.5. The molecule has 35 heavy (non-hydrogen) atoms. The predicted octanol–water partition coefficient (Wildman–Crippen LogP) is 6.60. The monoisotopic (exact) mass is 502 g/mol. The molecule has 182 valence electrons. The van der Waals surface area contributed by atoms with E-state index in [2.05, 4.69) is 15.3 Å². The fourth-order valence-corrected chi connectivity index (χ4v) is 3.72. The van der Waals surface area contributed by atoms with E-state index in [-0.39, 0.29) is 44.4 Å². The van der Waals surface area contributed by atoms with Crippen LogP contribution in [0.2, 0.25) is 5.15 Å². The summed E-state index contributed by atoms with van der Waals surface area (Å²) in [6.45, 7) is 5.01. The summed E-state index contributed by atoms with van der Waals surface area (Å²) >= 11 is 5.85. The number of aromatic nitrogens is 1. The number of nitrogens with one attached hydrogen (secondary N) is 1. The van der Waals surface area contributed by atoms with Crippen LogP contribution >= 0.6 is 11.6 Å². The van der Waals surface area contributed by atoms with E-state index in [0.717, 1.165) is 12.1 Å². The second kappa shape index (κ2) is 10.3. The standard InChI is InChI=1S/C25H22ClF3N4O2/c1-5-6-7-19(31-4)23-13(2)22(34)17-11-15(25(27,28)29)10-16(24(17)35-23)14(3)32-18-8-9-21(26)33-20(18)12-30/h6-11,14,32H,5H2,1-4H3/b7-6-,31-19?. The van der Waals surface area contributed by atoms with Crippen LogP contribution in [0.4, 0.5) is 18.9 Å². The fraction of sp³-hybridized carbons (Fsp3) is 0.280. The predicted molar refractivity (Wildman–Crippen MR) is 130 cm³/mol. The zero-order chi connectivity index (χ0) is 25.9. The van der Waals surface area contributed by atoms with E-state index in [0.29, 0.717) is 12.1 Å². The maximum atomic E-state index is 13.7. The van der Waals surface area contributed by atoms with Crippen LogP contribution in [0.3, 0.4) is 0 Å². The third kappa shape index (κ3) is 5.38. The molecule has 1 unspecified atom stereocenters. The van der Waals surface area contributed by atoms with Crippen molar-refractivity contribution in [3.8, 4) is 6.07 Å². The van der Waals surface area contributed by atoms with Crippen molar-refractivity contribution in [1.29, 1.82) is 5.26 Å². The van der Waals surface area contributed by atoms with E-state index in [1.807, 2.05) is 19.1 Å². The van der Waals surface area contributed by atoms with Gasteiger partial charge in [-0.25, -0.2) is 4.98 Å². The van der Waals surface area contributed by atoms with E-state index < -0.39 is 23.2 Å². The number of nitrogens with zero attached hydrogens (tertiary/aromatic N) is 3. The molecule has 2 heterocycles. The largest absolute Gasteiger partial charge is 0.454 e. The van der Waals surface area contributed by atoms with Gasteiger partial charge in [-0.2, -0.15) is 18.4 Å². The highest BCUT2D eigenvalue weighted by Gasteiger charge is 2.33. The van der Waals surface area contributed by atoms with Crippen molar-refractivity contribution in [2.24, 2.45) is 4.99 Å². The van der Waals surface area contributed by atoms with Crippen LogP contribution in [0.5, 0.6) is 0 Å². The van der Waals surface area contributed by atoms with Crippen LogP contribution in [-0.2, 0) is 6.18 Å². The fourth-order valence-electron chi connectivity index (χ4n) is 3.58. The van der Waals surface area contributed by atoms with Gasteiger partial charge in [0.05, 0.1) is 28.4 Å². The molecule has 0 fully saturated rings. The maximum Gasteiger partial charge on any atom is 0.416 e. The summed E-state index contributed by atoms with van der Waals surface area (Å²) in [5.41, 5.74) is -0.704. The lowest BCUT2D eigenvalue weighted by atomic mass is 9.98. The molecule has 0 aliphatic rings.